The van der Waals surface area contributed by atoms with Crippen LogP contribution in [0.4, 0.5) is 10.6 Å². The first-order valence-electron chi connectivity index (χ1n) is 9.13. The van der Waals surface area contributed by atoms with Gasteiger partial charge in [-0.05, 0) is 41.3 Å². The van der Waals surface area contributed by atoms with Crippen LogP contribution < -0.4 is 11.1 Å². The molecule has 0 spiro atoms. The maximum Gasteiger partial charge on any atom is 0.315 e. The SMILES string of the molecule is NC(=O)N1CCCCC1CNc1cc(-c2ccccc2Cl)nc2c(Br)cnn12. The standard InChI is InChI=1S/C19H20BrClN6O/c20-14-11-24-27-17(23-10-12-5-3-4-8-26(12)19(22)28)9-16(25-18(14)27)13-6-1-2-7-15(13)21/h1-2,6-7,9,11-12,23H,3-5,8,10H2,(H2,22,28). The fraction of sp³-hybridized carbons (Fsp3) is 0.316. The summed E-state index contributed by atoms with van der Waals surface area (Å²) in [5.74, 6) is 0.778. The van der Waals surface area contributed by atoms with Gasteiger partial charge in [0.25, 0.3) is 0 Å². The van der Waals surface area contributed by atoms with E-state index in [-0.39, 0.29) is 12.1 Å². The van der Waals surface area contributed by atoms with Crippen LogP contribution >= 0.6 is 27.5 Å². The zero-order chi connectivity index (χ0) is 19.7. The molecule has 28 heavy (non-hydrogen) atoms. The van der Waals surface area contributed by atoms with Crippen molar-refractivity contribution >= 4 is 45.0 Å². The van der Waals surface area contributed by atoms with Gasteiger partial charge in [0, 0.05) is 29.7 Å². The van der Waals surface area contributed by atoms with Crippen LogP contribution in [0.5, 0.6) is 0 Å². The highest BCUT2D eigenvalue weighted by atomic mass is 79.9. The molecule has 1 aliphatic rings. The maximum absolute atomic E-state index is 11.7. The Balaban J connectivity index is 1.68. The first-order chi connectivity index (χ1) is 13.5. The van der Waals surface area contributed by atoms with Gasteiger partial charge in [-0.15, -0.1) is 0 Å². The molecule has 9 heteroatoms. The molecule has 4 rings (SSSR count). The number of fused-ring (bicyclic) bond motifs is 1. The van der Waals surface area contributed by atoms with E-state index in [9.17, 15) is 4.79 Å². The smallest absolute Gasteiger partial charge is 0.315 e. The molecular formula is C19H20BrClN6O. The topological polar surface area (TPSA) is 88.5 Å². The number of rotatable bonds is 4. The number of urea groups is 1. The van der Waals surface area contributed by atoms with Gasteiger partial charge < -0.3 is 16.0 Å². The number of amides is 2. The lowest BCUT2D eigenvalue weighted by atomic mass is 10.0. The number of aromatic nitrogens is 3. The Bertz CT molecular complexity index is 1020. The molecule has 2 aromatic heterocycles. The van der Waals surface area contributed by atoms with E-state index < -0.39 is 0 Å². The predicted octanol–water partition coefficient (Wildman–Crippen LogP) is 4.16. The van der Waals surface area contributed by atoms with Crippen molar-refractivity contribution in [2.75, 3.05) is 18.4 Å². The molecule has 3 heterocycles. The van der Waals surface area contributed by atoms with Crippen LogP contribution in [0.3, 0.4) is 0 Å². The highest BCUT2D eigenvalue weighted by Crippen LogP contribution is 2.30. The second-order valence-corrected chi connectivity index (χ2v) is 8.06. The van der Waals surface area contributed by atoms with E-state index >= 15 is 0 Å². The van der Waals surface area contributed by atoms with Crippen LogP contribution in [0.1, 0.15) is 19.3 Å². The van der Waals surface area contributed by atoms with Gasteiger partial charge in [0.15, 0.2) is 5.65 Å². The molecule has 7 nitrogen and oxygen atoms in total. The second kappa shape index (κ2) is 7.97. The number of carbonyl (C=O) groups excluding carboxylic acids is 1. The number of benzene rings is 1. The lowest BCUT2D eigenvalue weighted by Crippen LogP contribution is -2.49. The van der Waals surface area contributed by atoms with E-state index in [1.54, 1.807) is 15.6 Å². The van der Waals surface area contributed by atoms with Crippen molar-refractivity contribution in [1.29, 1.82) is 0 Å². The number of likely N-dealkylation sites (tertiary alicyclic amines) is 1. The number of carbonyl (C=O) groups is 1. The van der Waals surface area contributed by atoms with Crippen molar-refractivity contribution in [3.63, 3.8) is 0 Å². The number of primary amides is 1. The number of anilines is 1. The Morgan fingerprint density at radius 2 is 2.18 bits per heavy atom. The summed E-state index contributed by atoms with van der Waals surface area (Å²) in [5.41, 5.74) is 7.83. The molecule has 146 valence electrons. The molecule has 0 aliphatic carbocycles. The summed E-state index contributed by atoms with van der Waals surface area (Å²) in [6.07, 6.45) is 4.70. The summed E-state index contributed by atoms with van der Waals surface area (Å²) in [6.45, 7) is 1.28. The summed E-state index contributed by atoms with van der Waals surface area (Å²) >= 11 is 9.88. The summed E-state index contributed by atoms with van der Waals surface area (Å²) in [4.78, 5) is 18.2. The van der Waals surface area contributed by atoms with Crippen molar-refractivity contribution in [3.8, 4) is 11.3 Å². The molecule has 1 fully saturated rings. The van der Waals surface area contributed by atoms with E-state index in [1.807, 2.05) is 30.3 Å². The van der Waals surface area contributed by atoms with E-state index in [4.69, 9.17) is 22.3 Å². The fourth-order valence-corrected chi connectivity index (χ4v) is 4.17. The summed E-state index contributed by atoms with van der Waals surface area (Å²) < 4.78 is 2.53. The Labute approximate surface area is 176 Å². The monoisotopic (exact) mass is 462 g/mol. The number of hydrogen-bond donors (Lipinski definition) is 2. The number of hydrogen-bond acceptors (Lipinski definition) is 4. The number of halogens is 2. The third-order valence-electron chi connectivity index (χ3n) is 5.01. The molecule has 0 radical (unpaired) electrons. The van der Waals surface area contributed by atoms with Gasteiger partial charge >= 0.3 is 6.03 Å². The average Bonchev–Trinajstić information content (AvgIpc) is 3.07. The van der Waals surface area contributed by atoms with Gasteiger partial charge in [-0.1, -0.05) is 29.8 Å². The Morgan fingerprint density at radius 3 is 2.96 bits per heavy atom. The predicted molar refractivity (Wildman–Crippen MR) is 114 cm³/mol. The summed E-state index contributed by atoms with van der Waals surface area (Å²) in [6, 6.07) is 9.20. The van der Waals surface area contributed by atoms with Crippen LogP contribution in [0.2, 0.25) is 5.02 Å². The third-order valence-corrected chi connectivity index (χ3v) is 5.90. The van der Waals surface area contributed by atoms with Crippen molar-refractivity contribution < 1.29 is 4.79 Å². The van der Waals surface area contributed by atoms with Crippen LogP contribution in [-0.4, -0.2) is 44.7 Å². The quantitative estimate of drug-likeness (QED) is 0.608. The number of nitrogens with two attached hydrogens (primary N) is 1. The molecule has 1 atom stereocenters. The highest BCUT2D eigenvalue weighted by molar-refractivity contribution is 9.10. The van der Waals surface area contributed by atoms with Crippen molar-refractivity contribution in [3.05, 3.63) is 46.0 Å². The summed E-state index contributed by atoms with van der Waals surface area (Å²) in [7, 11) is 0. The van der Waals surface area contributed by atoms with Crippen LogP contribution in [0, 0.1) is 0 Å². The van der Waals surface area contributed by atoms with Crippen molar-refractivity contribution in [1.82, 2.24) is 19.5 Å². The van der Waals surface area contributed by atoms with Gasteiger partial charge in [0.1, 0.15) is 5.82 Å². The zero-order valence-corrected chi connectivity index (χ0v) is 17.4. The van der Waals surface area contributed by atoms with Gasteiger partial charge in [-0.25, -0.2) is 9.78 Å². The molecule has 1 aliphatic heterocycles. The molecule has 2 amide bonds. The first-order valence-corrected chi connectivity index (χ1v) is 10.3. The highest BCUT2D eigenvalue weighted by Gasteiger charge is 2.25. The van der Waals surface area contributed by atoms with E-state index in [2.05, 4.69) is 26.3 Å². The fourth-order valence-electron chi connectivity index (χ4n) is 3.59. The van der Waals surface area contributed by atoms with E-state index in [0.29, 0.717) is 23.8 Å². The van der Waals surface area contributed by atoms with Crippen molar-refractivity contribution in [2.24, 2.45) is 5.73 Å². The molecule has 1 unspecified atom stereocenters. The lowest BCUT2D eigenvalue weighted by Gasteiger charge is -2.34. The minimum atomic E-state index is -0.370. The Morgan fingerprint density at radius 1 is 1.36 bits per heavy atom. The van der Waals surface area contributed by atoms with Crippen LogP contribution in [0.25, 0.3) is 16.9 Å². The van der Waals surface area contributed by atoms with E-state index in [1.165, 1.54) is 0 Å². The minimum Gasteiger partial charge on any atom is -0.368 e. The molecule has 0 bridgehead atoms. The molecule has 1 aromatic carbocycles. The third kappa shape index (κ3) is 3.66. The number of nitrogens with one attached hydrogen (secondary N) is 1. The molecule has 0 saturated carbocycles. The number of nitrogens with zero attached hydrogens (tertiary/aromatic N) is 4. The second-order valence-electron chi connectivity index (χ2n) is 6.80. The van der Waals surface area contributed by atoms with Crippen LogP contribution in [-0.2, 0) is 0 Å². The summed E-state index contributed by atoms with van der Waals surface area (Å²) in [5, 5.41) is 8.46. The Kier molecular flexibility index (Phi) is 5.41. The largest absolute Gasteiger partial charge is 0.368 e. The zero-order valence-electron chi connectivity index (χ0n) is 15.1. The van der Waals surface area contributed by atoms with Gasteiger partial charge in [0.05, 0.1) is 22.4 Å². The molecule has 3 aromatic rings. The maximum atomic E-state index is 11.7. The lowest BCUT2D eigenvalue weighted by molar-refractivity contribution is 0.164. The molecular weight excluding hydrogens is 444 g/mol. The van der Waals surface area contributed by atoms with Gasteiger partial charge in [0.2, 0.25) is 0 Å². The van der Waals surface area contributed by atoms with Crippen molar-refractivity contribution in [2.45, 2.75) is 25.3 Å². The average molecular weight is 464 g/mol. The Hall–Kier alpha value is -2.32. The van der Waals surface area contributed by atoms with Gasteiger partial charge in [-0.3, -0.25) is 0 Å². The van der Waals surface area contributed by atoms with E-state index in [0.717, 1.165) is 40.8 Å². The molecule has 1 saturated heterocycles. The number of piperidine rings is 1. The minimum absolute atomic E-state index is 0.0530. The van der Waals surface area contributed by atoms with Gasteiger partial charge in [-0.2, -0.15) is 9.61 Å². The first kappa shape index (κ1) is 19.0. The molecule has 3 N–H and O–H groups in total. The van der Waals surface area contributed by atoms with Crippen LogP contribution in [0.15, 0.2) is 41.0 Å². The normalized spacial score (nSPS) is 17.1.